The summed E-state index contributed by atoms with van der Waals surface area (Å²) in [4.78, 5) is 4.15. The van der Waals surface area contributed by atoms with Crippen LogP contribution in [0.25, 0.3) is 10.8 Å². The first-order valence-corrected chi connectivity index (χ1v) is 4.58. The molecule has 1 aromatic carbocycles. The molecule has 0 aliphatic heterocycles. The molecule has 0 bridgehead atoms. The third-order valence-corrected chi connectivity index (χ3v) is 2.44. The highest BCUT2D eigenvalue weighted by molar-refractivity contribution is 7.80. The molecule has 5 heteroatoms. The Hall–Kier alpha value is -1.23. The molecule has 0 N–H and O–H groups in total. The zero-order valence-corrected chi connectivity index (χ0v) is 8.31. The van der Waals surface area contributed by atoms with Gasteiger partial charge in [-0.3, -0.25) is 4.98 Å². The summed E-state index contributed by atoms with van der Waals surface area (Å²) in [5.74, 6) is 0. The third kappa shape index (κ3) is 1.79. The summed E-state index contributed by atoms with van der Waals surface area (Å²) in [5, 5.41) is 0.542. The fourth-order valence-electron chi connectivity index (χ4n) is 1.43. The molecule has 0 saturated heterocycles. The van der Waals surface area contributed by atoms with Crippen LogP contribution in [0.3, 0.4) is 0 Å². The van der Waals surface area contributed by atoms with Crippen LogP contribution in [0.5, 0.6) is 0 Å². The smallest absolute Gasteiger partial charge is 0.263 e. The van der Waals surface area contributed by atoms with Crippen LogP contribution in [-0.2, 0) is 6.18 Å². The molecule has 0 radical (unpaired) electrons. The summed E-state index contributed by atoms with van der Waals surface area (Å²) in [6.45, 7) is 0. The van der Waals surface area contributed by atoms with Gasteiger partial charge < -0.3 is 0 Å². The van der Waals surface area contributed by atoms with E-state index in [0.717, 1.165) is 6.07 Å². The molecule has 0 aliphatic carbocycles. The van der Waals surface area contributed by atoms with Crippen LogP contribution < -0.4 is 0 Å². The van der Waals surface area contributed by atoms with Crippen molar-refractivity contribution < 1.29 is 13.2 Å². The first kappa shape index (κ1) is 10.3. The Bertz CT molecular complexity index is 507. The maximum atomic E-state index is 12.6. The molecule has 0 aliphatic rings. The second-order valence-electron chi connectivity index (χ2n) is 3.06. The van der Waals surface area contributed by atoms with Crippen molar-refractivity contribution in [2.75, 3.05) is 0 Å². The van der Waals surface area contributed by atoms with E-state index in [1.807, 2.05) is 0 Å². The summed E-state index contributed by atoms with van der Waals surface area (Å²) in [5.41, 5.74) is -0.677. The van der Waals surface area contributed by atoms with E-state index < -0.39 is 11.7 Å². The van der Waals surface area contributed by atoms with Crippen LogP contribution >= 0.6 is 12.6 Å². The Morgan fingerprint density at radius 3 is 2.47 bits per heavy atom. The van der Waals surface area contributed by atoms with Gasteiger partial charge >= 0.3 is 6.18 Å². The number of fused-ring (bicyclic) bond motifs is 1. The maximum absolute atomic E-state index is 12.6. The molecule has 2 rings (SSSR count). The van der Waals surface area contributed by atoms with E-state index in [9.17, 15) is 13.2 Å². The number of nitrogens with zero attached hydrogens (tertiary/aromatic N) is 1. The second kappa shape index (κ2) is 3.41. The molecule has 15 heavy (non-hydrogen) atoms. The Morgan fingerprint density at radius 1 is 1.07 bits per heavy atom. The quantitative estimate of drug-likeness (QED) is 0.682. The van der Waals surface area contributed by atoms with Crippen molar-refractivity contribution in [1.29, 1.82) is 0 Å². The minimum atomic E-state index is -4.36. The van der Waals surface area contributed by atoms with Crippen LogP contribution in [0.15, 0.2) is 35.5 Å². The largest absolute Gasteiger partial charge is 0.417 e. The Kier molecular flexibility index (Phi) is 2.34. The van der Waals surface area contributed by atoms with Gasteiger partial charge in [0.2, 0.25) is 0 Å². The summed E-state index contributed by atoms with van der Waals surface area (Å²) in [6, 6.07) is 4.00. The fourth-order valence-corrected chi connectivity index (χ4v) is 1.69. The number of hydrogen-bond donors (Lipinski definition) is 1. The van der Waals surface area contributed by atoms with Crippen LogP contribution in [0.2, 0.25) is 0 Å². The molecular weight excluding hydrogens is 223 g/mol. The van der Waals surface area contributed by atoms with E-state index >= 15 is 0 Å². The summed E-state index contributed by atoms with van der Waals surface area (Å²) in [7, 11) is 0. The van der Waals surface area contributed by atoms with Gasteiger partial charge in [-0.1, -0.05) is 12.1 Å². The van der Waals surface area contributed by atoms with Crippen molar-refractivity contribution in [2.24, 2.45) is 0 Å². The van der Waals surface area contributed by atoms with Gasteiger partial charge in [-0.05, 0) is 11.5 Å². The highest BCUT2D eigenvalue weighted by Gasteiger charge is 2.32. The Labute approximate surface area is 89.3 Å². The number of alkyl halides is 3. The van der Waals surface area contributed by atoms with E-state index in [4.69, 9.17) is 0 Å². The van der Waals surface area contributed by atoms with Crippen molar-refractivity contribution in [3.8, 4) is 0 Å². The lowest BCUT2D eigenvalue weighted by Crippen LogP contribution is -2.05. The molecule has 0 fully saturated rings. The zero-order chi connectivity index (χ0) is 11.1. The van der Waals surface area contributed by atoms with Gasteiger partial charge in [0, 0.05) is 22.7 Å². The molecule has 1 heterocycles. The summed E-state index contributed by atoms with van der Waals surface area (Å²) in [6.07, 6.45) is -1.73. The number of aromatic nitrogens is 1. The van der Waals surface area contributed by atoms with Crippen molar-refractivity contribution in [3.05, 3.63) is 36.2 Å². The maximum Gasteiger partial charge on any atom is 0.417 e. The topological polar surface area (TPSA) is 12.9 Å². The lowest BCUT2D eigenvalue weighted by Gasteiger charge is -2.10. The van der Waals surface area contributed by atoms with E-state index in [0.29, 0.717) is 10.3 Å². The zero-order valence-electron chi connectivity index (χ0n) is 7.42. The molecule has 1 nitrogen and oxygen atoms in total. The van der Waals surface area contributed by atoms with Crippen molar-refractivity contribution >= 4 is 23.4 Å². The number of halogens is 3. The normalized spacial score (nSPS) is 12.0. The standard InChI is InChI=1S/C10H6F3NS/c11-10(12,13)8-3-1-2-6-7(8)4-14-5-9(6)15/h1-5,15H. The first-order chi connectivity index (χ1) is 7.00. The number of rotatable bonds is 0. The number of pyridine rings is 1. The highest BCUT2D eigenvalue weighted by atomic mass is 32.1. The van der Waals surface area contributed by atoms with Gasteiger partial charge in [-0.25, -0.2) is 0 Å². The van der Waals surface area contributed by atoms with E-state index in [1.165, 1.54) is 18.5 Å². The van der Waals surface area contributed by atoms with E-state index in [1.54, 1.807) is 6.07 Å². The third-order valence-electron chi connectivity index (χ3n) is 2.09. The van der Waals surface area contributed by atoms with Crippen molar-refractivity contribution in [1.82, 2.24) is 4.98 Å². The molecule has 1 aromatic heterocycles. The number of thiol groups is 1. The number of hydrogen-bond acceptors (Lipinski definition) is 2. The molecule has 0 saturated carbocycles. The Morgan fingerprint density at radius 2 is 1.80 bits per heavy atom. The molecule has 0 atom stereocenters. The average molecular weight is 229 g/mol. The van der Waals surface area contributed by atoms with Crippen LogP contribution in [0.1, 0.15) is 5.56 Å². The Balaban J connectivity index is 2.83. The lowest BCUT2D eigenvalue weighted by molar-refractivity contribution is -0.136. The van der Waals surface area contributed by atoms with E-state index in [-0.39, 0.29) is 5.39 Å². The van der Waals surface area contributed by atoms with E-state index in [2.05, 4.69) is 17.6 Å². The molecule has 0 amide bonds. The van der Waals surface area contributed by atoms with Crippen molar-refractivity contribution in [3.63, 3.8) is 0 Å². The summed E-state index contributed by atoms with van der Waals surface area (Å²) >= 11 is 4.06. The predicted molar refractivity (Wildman–Crippen MR) is 54.0 cm³/mol. The van der Waals surface area contributed by atoms with Crippen molar-refractivity contribution in [2.45, 2.75) is 11.1 Å². The van der Waals surface area contributed by atoms with Gasteiger partial charge in [0.25, 0.3) is 0 Å². The molecule has 78 valence electrons. The second-order valence-corrected chi connectivity index (χ2v) is 3.54. The minimum absolute atomic E-state index is 0.0810. The fraction of sp³-hybridized carbons (Fsp3) is 0.100. The minimum Gasteiger partial charge on any atom is -0.263 e. The summed E-state index contributed by atoms with van der Waals surface area (Å²) < 4.78 is 37.8. The lowest BCUT2D eigenvalue weighted by atomic mass is 10.1. The van der Waals surface area contributed by atoms with Gasteiger partial charge in [0.05, 0.1) is 5.56 Å². The highest BCUT2D eigenvalue weighted by Crippen LogP contribution is 2.35. The predicted octanol–water partition coefficient (Wildman–Crippen LogP) is 3.54. The molecular formula is C10H6F3NS. The van der Waals surface area contributed by atoms with Gasteiger partial charge in [-0.2, -0.15) is 13.2 Å². The van der Waals surface area contributed by atoms with Gasteiger partial charge in [0.1, 0.15) is 0 Å². The van der Waals surface area contributed by atoms with Crippen LogP contribution in [-0.4, -0.2) is 4.98 Å². The first-order valence-electron chi connectivity index (χ1n) is 4.13. The van der Waals surface area contributed by atoms with Gasteiger partial charge in [-0.15, -0.1) is 12.6 Å². The van der Waals surface area contributed by atoms with Gasteiger partial charge in [0.15, 0.2) is 0 Å². The monoisotopic (exact) mass is 229 g/mol. The molecule has 0 unspecified atom stereocenters. The van der Waals surface area contributed by atoms with Crippen LogP contribution in [0, 0.1) is 0 Å². The number of benzene rings is 1. The molecule has 0 spiro atoms. The van der Waals surface area contributed by atoms with Crippen LogP contribution in [0.4, 0.5) is 13.2 Å². The average Bonchev–Trinajstić information content (AvgIpc) is 2.16. The molecule has 2 aromatic rings. The SMILES string of the molecule is FC(F)(F)c1cccc2c(S)cncc12.